The molecular formula is C31H38N2O4. The lowest BCUT2D eigenvalue weighted by Gasteiger charge is -2.29. The van der Waals surface area contributed by atoms with E-state index in [1.807, 2.05) is 24.3 Å². The van der Waals surface area contributed by atoms with Gasteiger partial charge in [0.2, 0.25) is 11.8 Å². The molecule has 3 aliphatic rings. The van der Waals surface area contributed by atoms with Crippen molar-refractivity contribution in [2.24, 2.45) is 17.3 Å². The maximum atomic E-state index is 13.8. The van der Waals surface area contributed by atoms with Gasteiger partial charge in [0.05, 0.1) is 6.04 Å². The second kappa shape index (κ2) is 10.8. The van der Waals surface area contributed by atoms with Crippen LogP contribution in [0.25, 0.3) is 11.1 Å². The Kier molecular flexibility index (Phi) is 7.47. The van der Waals surface area contributed by atoms with E-state index in [1.54, 1.807) is 10.4 Å². The molecule has 5 rings (SSSR count). The third kappa shape index (κ3) is 5.64. The maximum Gasteiger partial charge on any atom is 0.244 e. The third-order valence-electron chi connectivity index (χ3n) is 8.91. The summed E-state index contributed by atoms with van der Waals surface area (Å²) in [6.07, 6.45) is 8.83. The zero-order chi connectivity index (χ0) is 26.0. The second-order valence-electron chi connectivity index (χ2n) is 11.5. The largest absolute Gasteiger partial charge is 0.331 e. The standard InChI is InChI=1S/C31H38N2O4/c1-2-21-7-9-23(10-8-21)24-11-13-25(14-12-24)29(35)27-19-31(15-16-31)20-33(27)30(36)26(18-28(34)32-37)17-22-5-3-4-6-22/h7-14,22,26-27,37H,2-6,15-20H2,1H3,(H,32,34)/t26-,27+/m1/s1. The Morgan fingerprint density at radius 1 is 1.00 bits per heavy atom. The molecule has 2 atom stereocenters. The summed E-state index contributed by atoms with van der Waals surface area (Å²) in [5.74, 6) is -0.748. The molecule has 6 heteroatoms. The maximum absolute atomic E-state index is 13.8. The molecule has 0 unspecified atom stereocenters. The monoisotopic (exact) mass is 502 g/mol. The number of benzene rings is 2. The van der Waals surface area contributed by atoms with Gasteiger partial charge in [0.25, 0.3) is 0 Å². The molecule has 37 heavy (non-hydrogen) atoms. The average molecular weight is 503 g/mol. The van der Waals surface area contributed by atoms with E-state index in [2.05, 4.69) is 31.2 Å². The Labute approximate surface area is 219 Å². The minimum atomic E-state index is -0.540. The van der Waals surface area contributed by atoms with Gasteiger partial charge in [-0.15, -0.1) is 0 Å². The number of ketones is 1. The SMILES string of the molecule is CCc1ccc(-c2ccc(C(=O)[C@@H]3CC4(CC4)CN3C(=O)[C@@H](CC(=O)NO)CC3CCCC3)cc2)cc1. The highest BCUT2D eigenvalue weighted by atomic mass is 16.5. The molecule has 2 amide bonds. The van der Waals surface area contributed by atoms with Gasteiger partial charge in [-0.1, -0.05) is 81.1 Å². The predicted molar refractivity (Wildman–Crippen MR) is 142 cm³/mol. The minimum absolute atomic E-state index is 0.0174. The van der Waals surface area contributed by atoms with E-state index in [4.69, 9.17) is 5.21 Å². The summed E-state index contributed by atoms with van der Waals surface area (Å²) in [6, 6.07) is 15.7. The second-order valence-corrected chi connectivity index (χ2v) is 11.5. The fourth-order valence-corrected chi connectivity index (χ4v) is 6.44. The smallest absolute Gasteiger partial charge is 0.244 e. The fraction of sp³-hybridized carbons (Fsp3) is 0.516. The highest BCUT2D eigenvalue weighted by Crippen LogP contribution is 2.55. The summed E-state index contributed by atoms with van der Waals surface area (Å²) in [4.78, 5) is 41.4. The van der Waals surface area contributed by atoms with Crippen molar-refractivity contribution in [2.75, 3.05) is 6.54 Å². The minimum Gasteiger partial charge on any atom is -0.331 e. The number of nitrogens with one attached hydrogen (secondary N) is 1. The van der Waals surface area contributed by atoms with Crippen LogP contribution in [0.4, 0.5) is 0 Å². The molecular weight excluding hydrogens is 464 g/mol. The zero-order valence-corrected chi connectivity index (χ0v) is 21.7. The average Bonchev–Trinajstić information content (AvgIpc) is 3.30. The van der Waals surface area contributed by atoms with Crippen molar-refractivity contribution in [3.05, 3.63) is 59.7 Å². The van der Waals surface area contributed by atoms with E-state index in [0.717, 1.165) is 56.1 Å². The van der Waals surface area contributed by atoms with E-state index < -0.39 is 17.9 Å². The number of aryl methyl sites for hydroxylation is 1. The van der Waals surface area contributed by atoms with Crippen molar-refractivity contribution in [3.63, 3.8) is 0 Å². The lowest BCUT2D eigenvalue weighted by Crippen LogP contribution is -2.45. The third-order valence-corrected chi connectivity index (χ3v) is 8.91. The Morgan fingerprint density at radius 3 is 2.19 bits per heavy atom. The number of carbonyl (C=O) groups excluding carboxylic acids is 3. The number of hydrogen-bond acceptors (Lipinski definition) is 4. The predicted octanol–water partition coefficient (Wildman–Crippen LogP) is 5.57. The molecule has 0 aromatic heterocycles. The summed E-state index contributed by atoms with van der Waals surface area (Å²) in [5.41, 5.74) is 5.84. The van der Waals surface area contributed by atoms with Crippen LogP contribution in [0.15, 0.2) is 48.5 Å². The number of likely N-dealkylation sites (tertiary alicyclic amines) is 1. The molecule has 1 spiro atoms. The van der Waals surface area contributed by atoms with Crippen LogP contribution >= 0.6 is 0 Å². The molecule has 0 bridgehead atoms. The van der Waals surface area contributed by atoms with Gasteiger partial charge in [-0.3, -0.25) is 19.6 Å². The van der Waals surface area contributed by atoms with Crippen molar-refractivity contribution in [3.8, 4) is 11.1 Å². The van der Waals surface area contributed by atoms with E-state index in [9.17, 15) is 14.4 Å². The molecule has 1 heterocycles. The van der Waals surface area contributed by atoms with Crippen LogP contribution in [0.5, 0.6) is 0 Å². The van der Waals surface area contributed by atoms with Crippen LogP contribution in [0.3, 0.4) is 0 Å². The molecule has 6 nitrogen and oxygen atoms in total. The van der Waals surface area contributed by atoms with Gasteiger partial charge in [0, 0.05) is 24.4 Å². The summed E-state index contributed by atoms with van der Waals surface area (Å²) < 4.78 is 0. The van der Waals surface area contributed by atoms with Crippen molar-refractivity contribution in [2.45, 2.75) is 77.2 Å². The van der Waals surface area contributed by atoms with Gasteiger partial charge in [-0.2, -0.15) is 0 Å². The molecule has 1 aliphatic heterocycles. The Hall–Kier alpha value is -2.99. The van der Waals surface area contributed by atoms with Crippen molar-refractivity contribution < 1.29 is 19.6 Å². The van der Waals surface area contributed by atoms with E-state index in [1.165, 1.54) is 5.56 Å². The summed E-state index contributed by atoms with van der Waals surface area (Å²) in [5, 5.41) is 9.13. The number of hydroxylamine groups is 1. The molecule has 2 N–H and O–H groups in total. The topological polar surface area (TPSA) is 86.7 Å². The Morgan fingerprint density at radius 2 is 1.62 bits per heavy atom. The molecule has 2 aliphatic carbocycles. The van der Waals surface area contributed by atoms with Crippen LogP contribution in [0, 0.1) is 17.3 Å². The van der Waals surface area contributed by atoms with E-state index in [-0.39, 0.29) is 23.5 Å². The lowest BCUT2D eigenvalue weighted by atomic mass is 9.89. The molecule has 1 saturated heterocycles. The molecule has 0 radical (unpaired) electrons. The summed E-state index contributed by atoms with van der Waals surface area (Å²) in [7, 11) is 0. The van der Waals surface area contributed by atoms with Crippen LogP contribution in [0.1, 0.15) is 80.6 Å². The van der Waals surface area contributed by atoms with Gasteiger partial charge in [-0.25, -0.2) is 5.48 Å². The van der Waals surface area contributed by atoms with Crippen LogP contribution in [-0.2, 0) is 16.0 Å². The Balaban J connectivity index is 1.34. The molecule has 2 saturated carbocycles. The first-order chi connectivity index (χ1) is 17.9. The molecule has 2 aromatic carbocycles. The first-order valence-electron chi connectivity index (χ1n) is 13.9. The zero-order valence-electron chi connectivity index (χ0n) is 21.7. The summed E-state index contributed by atoms with van der Waals surface area (Å²) >= 11 is 0. The highest BCUT2D eigenvalue weighted by molar-refractivity contribution is 6.03. The number of hydrogen-bond donors (Lipinski definition) is 2. The van der Waals surface area contributed by atoms with Gasteiger partial charge in [-0.05, 0) is 60.1 Å². The van der Waals surface area contributed by atoms with Gasteiger partial charge in [0.1, 0.15) is 0 Å². The fourth-order valence-electron chi connectivity index (χ4n) is 6.44. The molecule has 196 valence electrons. The van der Waals surface area contributed by atoms with Gasteiger partial charge in [0.15, 0.2) is 5.78 Å². The highest BCUT2D eigenvalue weighted by Gasteiger charge is 2.55. The molecule has 3 fully saturated rings. The van der Waals surface area contributed by atoms with Gasteiger partial charge >= 0.3 is 0 Å². The number of nitrogens with zero attached hydrogens (tertiary/aromatic N) is 1. The van der Waals surface area contributed by atoms with Crippen molar-refractivity contribution in [1.29, 1.82) is 0 Å². The van der Waals surface area contributed by atoms with Crippen LogP contribution in [0.2, 0.25) is 0 Å². The number of amides is 2. The molecule has 2 aromatic rings. The van der Waals surface area contributed by atoms with Crippen molar-refractivity contribution >= 4 is 17.6 Å². The number of rotatable bonds is 9. The quantitative estimate of drug-likeness (QED) is 0.267. The van der Waals surface area contributed by atoms with Crippen LogP contribution < -0.4 is 5.48 Å². The lowest BCUT2D eigenvalue weighted by molar-refractivity contribution is -0.141. The first-order valence-corrected chi connectivity index (χ1v) is 13.9. The first kappa shape index (κ1) is 25.7. The van der Waals surface area contributed by atoms with E-state index >= 15 is 0 Å². The van der Waals surface area contributed by atoms with Crippen molar-refractivity contribution in [1.82, 2.24) is 10.4 Å². The number of carbonyl (C=O) groups is 3. The number of Topliss-reactive ketones (excluding diaryl/α,β-unsaturated/α-hetero) is 1. The normalized spacial score (nSPS) is 21.2. The summed E-state index contributed by atoms with van der Waals surface area (Å²) in [6.45, 7) is 2.72. The van der Waals surface area contributed by atoms with Gasteiger partial charge < -0.3 is 4.90 Å². The van der Waals surface area contributed by atoms with Crippen LogP contribution in [-0.4, -0.2) is 40.3 Å². The van der Waals surface area contributed by atoms with E-state index in [0.29, 0.717) is 30.9 Å². The Bertz CT molecular complexity index is 1130.